The Morgan fingerprint density at radius 2 is 2.00 bits per heavy atom. The van der Waals surface area contributed by atoms with E-state index < -0.39 is 23.9 Å². The molecule has 2 aromatic rings. The molecule has 2 aromatic carbocycles. The molecule has 4 amide bonds. The van der Waals surface area contributed by atoms with Crippen molar-refractivity contribution in [2.24, 2.45) is 5.73 Å². The van der Waals surface area contributed by atoms with Crippen LogP contribution in [0, 0.1) is 11.3 Å². The van der Waals surface area contributed by atoms with Gasteiger partial charge in [-0.2, -0.15) is 5.26 Å². The van der Waals surface area contributed by atoms with Crippen molar-refractivity contribution in [2.75, 3.05) is 0 Å². The number of nitrogens with one attached hydrogen (secondary N) is 1. The SMILES string of the molecule is C[C@@H](c1cccc(C#N)c1)C1c2cc(C(N)=O)ccc2C(=O)N1C1CCC(=O)NC1=O. The van der Waals surface area contributed by atoms with Gasteiger partial charge in [0.15, 0.2) is 0 Å². The Balaban J connectivity index is 1.84. The second kappa shape index (κ2) is 7.69. The van der Waals surface area contributed by atoms with Crippen LogP contribution in [0.1, 0.15) is 69.1 Å². The molecule has 8 nitrogen and oxygen atoms in total. The lowest BCUT2D eigenvalue weighted by molar-refractivity contribution is -0.137. The molecule has 0 radical (unpaired) electrons. The minimum Gasteiger partial charge on any atom is -0.366 e. The van der Waals surface area contributed by atoms with E-state index in [4.69, 9.17) is 5.73 Å². The zero-order valence-corrected chi connectivity index (χ0v) is 16.8. The number of benzene rings is 2. The quantitative estimate of drug-likeness (QED) is 0.733. The number of carbonyl (C=O) groups is 4. The third-order valence-electron chi connectivity index (χ3n) is 5.98. The molecule has 2 aliphatic heterocycles. The highest BCUT2D eigenvalue weighted by Crippen LogP contribution is 2.45. The number of imide groups is 1. The Labute approximate surface area is 178 Å². The summed E-state index contributed by atoms with van der Waals surface area (Å²) in [6.07, 6.45) is 0.350. The van der Waals surface area contributed by atoms with Crippen LogP contribution in [-0.4, -0.2) is 34.6 Å². The van der Waals surface area contributed by atoms with Crippen molar-refractivity contribution in [3.63, 3.8) is 0 Å². The number of piperidine rings is 1. The summed E-state index contributed by atoms with van der Waals surface area (Å²) in [5, 5.41) is 11.6. The highest BCUT2D eigenvalue weighted by Gasteiger charge is 2.47. The minimum absolute atomic E-state index is 0.133. The first-order chi connectivity index (χ1) is 14.8. The minimum atomic E-state index is -0.818. The molecule has 2 aliphatic rings. The number of rotatable bonds is 4. The number of fused-ring (bicyclic) bond motifs is 1. The summed E-state index contributed by atoms with van der Waals surface area (Å²) in [4.78, 5) is 50.9. The highest BCUT2D eigenvalue weighted by molar-refractivity contribution is 6.06. The van der Waals surface area contributed by atoms with Crippen LogP contribution in [0.2, 0.25) is 0 Å². The molecule has 31 heavy (non-hydrogen) atoms. The van der Waals surface area contributed by atoms with E-state index in [1.165, 1.54) is 11.0 Å². The Kier molecular flexibility index (Phi) is 5.03. The van der Waals surface area contributed by atoms with Crippen LogP contribution in [0.25, 0.3) is 0 Å². The van der Waals surface area contributed by atoms with Crippen LogP contribution in [0.5, 0.6) is 0 Å². The number of nitriles is 1. The van der Waals surface area contributed by atoms with Crippen LogP contribution in [0.4, 0.5) is 0 Å². The van der Waals surface area contributed by atoms with Gasteiger partial charge in [-0.3, -0.25) is 24.5 Å². The van der Waals surface area contributed by atoms with Gasteiger partial charge in [0.2, 0.25) is 17.7 Å². The second-order valence-electron chi connectivity index (χ2n) is 7.82. The van der Waals surface area contributed by atoms with Gasteiger partial charge in [-0.05, 0) is 47.9 Å². The van der Waals surface area contributed by atoms with E-state index >= 15 is 0 Å². The summed E-state index contributed by atoms with van der Waals surface area (Å²) in [6, 6.07) is 12.4. The fraction of sp³-hybridized carbons (Fsp3) is 0.261. The van der Waals surface area contributed by atoms with Gasteiger partial charge in [-0.25, -0.2) is 0 Å². The smallest absolute Gasteiger partial charge is 0.255 e. The normalized spacial score (nSPS) is 21.3. The van der Waals surface area contributed by atoms with Crippen molar-refractivity contribution in [1.29, 1.82) is 5.26 Å². The van der Waals surface area contributed by atoms with Crippen LogP contribution in [0.3, 0.4) is 0 Å². The molecule has 0 aromatic heterocycles. The van der Waals surface area contributed by atoms with Crippen molar-refractivity contribution in [2.45, 2.75) is 37.8 Å². The first-order valence-corrected chi connectivity index (χ1v) is 9.92. The monoisotopic (exact) mass is 416 g/mol. The molecule has 0 saturated carbocycles. The molecule has 0 aliphatic carbocycles. The maximum Gasteiger partial charge on any atom is 0.255 e. The maximum absolute atomic E-state index is 13.4. The summed E-state index contributed by atoms with van der Waals surface area (Å²) < 4.78 is 0. The summed E-state index contributed by atoms with van der Waals surface area (Å²) in [7, 11) is 0. The molecule has 3 atom stereocenters. The first kappa shape index (κ1) is 20.3. The van der Waals surface area contributed by atoms with Crippen molar-refractivity contribution in [3.05, 3.63) is 70.3 Å². The van der Waals surface area contributed by atoms with Crippen molar-refractivity contribution in [1.82, 2.24) is 10.2 Å². The number of amides is 4. The summed E-state index contributed by atoms with van der Waals surface area (Å²) >= 11 is 0. The first-order valence-electron chi connectivity index (χ1n) is 9.92. The molecule has 2 unspecified atom stereocenters. The van der Waals surface area contributed by atoms with E-state index in [0.29, 0.717) is 16.7 Å². The van der Waals surface area contributed by atoms with Crippen molar-refractivity contribution in [3.8, 4) is 6.07 Å². The van der Waals surface area contributed by atoms with Crippen LogP contribution in [-0.2, 0) is 9.59 Å². The molecular formula is C23H20N4O4. The zero-order valence-electron chi connectivity index (χ0n) is 16.8. The van der Waals surface area contributed by atoms with Gasteiger partial charge in [0.25, 0.3) is 5.91 Å². The van der Waals surface area contributed by atoms with Crippen LogP contribution >= 0.6 is 0 Å². The number of carbonyl (C=O) groups excluding carboxylic acids is 4. The fourth-order valence-electron chi connectivity index (χ4n) is 4.44. The lowest BCUT2D eigenvalue weighted by atomic mass is 9.86. The molecular weight excluding hydrogens is 396 g/mol. The zero-order chi connectivity index (χ0) is 22.3. The second-order valence-corrected chi connectivity index (χ2v) is 7.82. The standard InChI is InChI=1S/C23H20N4O4/c1-12(14-4-2-3-13(9-14)11-24)20-17-10-15(21(25)29)5-6-16(17)23(31)27(20)18-7-8-19(28)26-22(18)30/h2-6,9-10,12,18,20H,7-8H2,1H3,(H2,25,29)(H,26,28,30)/t12-,18?,20?/m0/s1. The van der Waals surface area contributed by atoms with Crippen molar-refractivity contribution < 1.29 is 19.2 Å². The molecule has 8 heteroatoms. The molecule has 0 spiro atoms. The maximum atomic E-state index is 13.4. The molecule has 3 N–H and O–H groups in total. The van der Waals surface area contributed by atoms with E-state index in [2.05, 4.69) is 11.4 Å². The summed E-state index contributed by atoms with van der Waals surface area (Å²) in [6.45, 7) is 1.90. The molecule has 0 bridgehead atoms. The van der Waals surface area contributed by atoms with Gasteiger partial charge in [-0.1, -0.05) is 19.1 Å². The van der Waals surface area contributed by atoms with E-state index in [1.807, 2.05) is 13.0 Å². The Morgan fingerprint density at radius 1 is 1.23 bits per heavy atom. The van der Waals surface area contributed by atoms with E-state index in [-0.39, 0.29) is 36.1 Å². The topological polar surface area (TPSA) is 133 Å². The summed E-state index contributed by atoms with van der Waals surface area (Å²) in [5.74, 6) is -2.14. The number of nitrogens with two attached hydrogens (primary N) is 1. The summed E-state index contributed by atoms with van der Waals surface area (Å²) in [5.41, 5.74) is 8.00. The molecule has 4 rings (SSSR count). The number of nitrogens with zero attached hydrogens (tertiary/aromatic N) is 2. The Hall–Kier alpha value is -3.99. The fourth-order valence-corrected chi connectivity index (χ4v) is 4.44. The van der Waals surface area contributed by atoms with Gasteiger partial charge >= 0.3 is 0 Å². The largest absolute Gasteiger partial charge is 0.366 e. The van der Waals surface area contributed by atoms with Crippen LogP contribution in [0.15, 0.2) is 42.5 Å². The molecule has 2 heterocycles. The third-order valence-corrected chi connectivity index (χ3v) is 5.98. The third kappa shape index (κ3) is 3.44. The predicted octanol–water partition coefficient (Wildman–Crippen LogP) is 1.76. The van der Waals surface area contributed by atoms with Gasteiger partial charge in [0, 0.05) is 23.5 Å². The average molecular weight is 416 g/mol. The van der Waals surface area contributed by atoms with Crippen molar-refractivity contribution >= 4 is 23.6 Å². The van der Waals surface area contributed by atoms with Gasteiger partial charge in [-0.15, -0.1) is 0 Å². The number of primary amides is 1. The average Bonchev–Trinajstić information content (AvgIpc) is 3.05. The van der Waals surface area contributed by atoms with Gasteiger partial charge < -0.3 is 10.6 Å². The van der Waals surface area contributed by atoms with E-state index in [1.54, 1.807) is 30.3 Å². The number of hydrogen-bond acceptors (Lipinski definition) is 5. The lowest BCUT2D eigenvalue weighted by Crippen LogP contribution is -2.54. The predicted molar refractivity (Wildman–Crippen MR) is 110 cm³/mol. The van der Waals surface area contributed by atoms with Crippen LogP contribution < -0.4 is 11.1 Å². The van der Waals surface area contributed by atoms with E-state index in [0.717, 1.165) is 5.56 Å². The molecule has 156 valence electrons. The Morgan fingerprint density at radius 3 is 2.68 bits per heavy atom. The lowest BCUT2D eigenvalue weighted by Gasteiger charge is -2.37. The Bertz CT molecular complexity index is 1170. The van der Waals surface area contributed by atoms with Gasteiger partial charge in [0.1, 0.15) is 6.04 Å². The highest BCUT2D eigenvalue weighted by atomic mass is 16.2. The molecule has 1 saturated heterocycles. The van der Waals surface area contributed by atoms with Gasteiger partial charge in [0.05, 0.1) is 17.7 Å². The molecule has 1 fully saturated rings. The number of hydrogen-bond donors (Lipinski definition) is 2. The van der Waals surface area contributed by atoms with E-state index in [9.17, 15) is 24.4 Å².